The summed E-state index contributed by atoms with van der Waals surface area (Å²) in [5.41, 5.74) is 0. The summed E-state index contributed by atoms with van der Waals surface area (Å²) in [5.74, 6) is 0. The number of unbranched alkanes of at least 4 members (excludes halogenated alkanes) is 11. The van der Waals surface area contributed by atoms with Gasteiger partial charge >= 0.3 is 0 Å². The van der Waals surface area contributed by atoms with Gasteiger partial charge in [0.2, 0.25) is 0 Å². The minimum absolute atomic E-state index is 0.207. The quantitative estimate of drug-likeness (QED) is 0.237. The number of aliphatic hydroxyl groups excluding tert-OH is 1. The van der Waals surface area contributed by atoms with Crippen LogP contribution >= 0.6 is 0 Å². The van der Waals surface area contributed by atoms with Crippen LogP contribution in [0.3, 0.4) is 0 Å². The van der Waals surface area contributed by atoms with Crippen molar-refractivity contribution in [2.75, 3.05) is 0 Å². The highest BCUT2D eigenvalue weighted by Crippen LogP contribution is 2.17. The highest BCUT2D eigenvalue weighted by atomic mass is 19.1. The van der Waals surface area contributed by atoms with Crippen LogP contribution in [0.15, 0.2) is 0 Å². The van der Waals surface area contributed by atoms with E-state index in [1.807, 2.05) is 0 Å². The van der Waals surface area contributed by atoms with Crippen LogP contribution in [0.2, 0.25) is 0 Å². The predicted molar refractivity (Wildman–Crippen MR) is 105 cm³/mol. The molecule has 0 aliphatic heterocycles. The molecule has 0 aromatic carbocycles. The normalized spacial score (nSPS) is 14.0. The molecule has 146 valence electrons. The lowest BCUT2D eigenvalue weighted by Gasteiger charge is -2.12. The molecule has 2 atom stereocenters. The number of hydrogen-bond acceptors (Lipinski definition) is 1. The molecule has 0 amide bonds. The fourth-order valence-corrected chi connectivity index (χ4v) is 3.35. The third kappa shape index (κ3) is 18.2. The molecular weight excluding hydrogens is 299 g/mol. The van der Waals surface area contributed by atoms with E-state index >= 15 is 0 Å². The van der Waals surface area contributed by atoms with Gasteiger partial charge in [-0.25, -0.2) is 4.39 Å². The summed E-state index contributed by atoms with van der Waals surface area (Å²) < 4.78 is 13.7. The Morgan fingerprint density at radius 3 is 1.50 bits per heavy atom. The fourth-order valence-electron chi connectivity index (χ4n) is 3.35. The fraction of sp³-hybridized carbons (Fsp3) is 1.00. The van der Waals surface area contributed by atoms with Crippen LogP contribution in [0.4, 0.5) is 4.39 Å². The zero-order valence-electron chi connectivity index (χ0n) is 16.7. The van der Waals surface area contributed by atoms with Crippen LogP contribution in [-0.4, -0.2) is 17.4 Å². The first-order valence-electron chi connectivity index (χ1n) is 11.0. The van der Waals surface area contributed by atoms with Gasteiger partial charge in [0.05, 0.1) is 6.10 Å². The van der Waals surface area contributed by atoms with Crippen molar-refractivity contribution in [1.82, 2.24) is 0 Å². The van der Waals surface area contributed by atoms with Gasteiger partial charge in [-0.2, -0.15) is 0 Å². The molecule has 0 aliphatic rings. The van der Waals surface area contributed by atoms with Gasteiger partial charge in [-0.1, -0.05) is 97.3 Å². The first kappa shape index (κ1) is 23.9. The molecule has 0 heterocycles. The molecular formula is C22H45FO. The highest BCUT2D eigenvalue weighted by molar-refractivity contribution is 4.62. The molecule has 2 heteroatoms. The summed E-state index contributed by atoms with van der Waals surface area (Å²) in [5, 5.41) is 9.99. The van der Waals surface area contributed by atoms with Crippen molar-refractivity contribution in [2.24, 2.45) is 0 Å². The van der Waals surface area contributed by atoms with E-state index in [9.17, 15) is 9.50 Å². The van der Waals surface area contributed by atoms with E-state index in [1.54, 1.807) is 0 Å². The van der Waals surface area contributed by atoms with Crippen molar-refractivity contribution in [2.45, 2.75) is 142 Å². The molecule has 0 aromatic heterocycles. The van der Waals surface area contributed by atoms with Gasteiger partial charge in [0, 0.05) is 0 Å². The van der Waals surface area contributed by atoms with E-state index in [0.717, 1.165) is 38.5 Å². The SMILES string of the molecule is CCCCCCCCCCCC(O)CCCC(F)CCCCCC. The van der Waals surface area contributed by atoms with Gasteiger partial charge in [-0.3, -0.25) is 0 Å². The lowest BCUT2D eigenvalue weighted by molar-refractivity contribution is 0.142. The van der Waals surface area contributed by atoms with Gasteiger partial charge in [0.1, 0.15) is 6.17 Å². The average molecular weight is 345 g/mol. The van der Waals surface area contributed by atoms with Crippen LogP contribution < -0.4 is 0 Å². The van der Waals surface area contributed by atoms with E-state index in [4.69, 9.17) is 0 Å². The summed E-state index contributed by atoms with van der Waals surface area (Å²) in [6, 6.07) is 0. The van der Waals surface area contributed by atoms with Crippen molar-refractivity contribution in [3.8, 4) is 0 Å². The summed E-state index contributed by atoms with van der Waals surface area (Å²) in [6.07, 6.45) is 19.5. The van der Waals surface area contributed by atoms with Crippen molar-refractivity contribution < 1.29 is 9.50 Å². The number of hydrogen-bond donors (Lipinski definition) is 1. The lowest BCUT2D eigenvalue weighted by Crippen LogP contribution is -2.08. The molecule has 0 fully saturated rings. The van der Waals surface area contributed by atoms with E-state index in [-0.39, 0.29) is 6.10 Å². The van der Waals surface area contributed by atoms with Gasteiger partial charge in [0.15, 0.2) is 0 Å². The second-order valence-corrected chi connectivity index (χ2v) is 7.65. The summed E-state index contributed by atoms with van der Waals surface area (Å²) in [6.45, 7) is 4.44. The molecule has 24 heavy (non-hydrogen) atoms. The third-order valence-electron chi connectivity index (χ3n) is 5.07. The van der Waals surface area contributed by atoms with E-state index < -0.39 is 6.17 Å². The highest BCUT2D eigenvalue weighted by Gasteiger charge is 2.09. The van der Waals surface area contributed by atoms with Gasteiger partial charge in [-0.15, -0.1) is 0 Å². The molecule has 0 aliphatic carbocycles. The minimum Gasteiger partial charge on any atom is -0.393 e. The third-order valence-corrected chi connectivity index (χ3v) is 5.07. The Balaban J connectivity index is 3.27. The lowest BCUT2D eigenvalue weighted by atomic mass is 10.0. The molecule has 2 unspecified atom stereocenters. The minimum atomic E-state index is -0.651. The number of aliphatic hydroxyl groups is 1. The van der Waals surface area contributed by atoms with Crippen molar-refractivity contribution in [3.63, 3.8) is 0 Å². The van der Waals surface area contributed by atoms with Gasteiger partial charge in [-0.05, 0) is 32.1 Å². The Labute approximate surface area is 151 Å². The average Bonchev–Trinajstić information content (AvgIpc) is 2.57. The van der Waals surface area contributed by atoms with E-state index in [2.05, 4.69) is 13.8 Å². The van der Waals surface area contributed by atoms with Crippen molar-refractivity contribution >= 4 is 0 Å². The first-order valence-corrected chi connectivity index (χ1v) is 11.0. The maximum atomic E-state index is 13.7. The maximum Gasteiger partial charge on any atom is 0.100 e. The molecule has 0 bridgehead atoms. The molecule has 0 saturated carbocycles. The zero-order chi connectivity index (χ0) is 17.9. The summed E-state index contributed by atoms with van der Waals surface area (Å²) >= 11 is 0. The molecule has 0 saturated heterocycles. The molecule has 1 N–H and O–H groups in total. The monoisotopic (exact) mass is 344 g/mol. The summed E-state index contributed by atoms with van der Waals surface area (Å²) in [7, 11) is 0. The van der Waals surface area contributed by atoms with Gasteiger partial charge < -0.3 is 5.11 Å². The molecule has 1 nitrogen and oxygen atoms in total. The molecule has 0 spiro atoms. The Kier molecular flexibility index (Phi) is 19.1. The second-order valence-electron chi connectivity index (χ2n) is 7.65. The first-order chi connectivity index (χ1) is 11.7. The topological polar surface area (TPSA) is 20.2 Å². The van der Waals surface area contributed by atoms with Gasteiger partial charge in [0.25, 0.3) is 0 Å². The number of halogens is 1. The van der Waals surface area contributed by atoms with E-state index in [0.29, 0.717) is 12.8 Å². The Morgan fingerprint density at radius 1 is 0.542 bits per heavy atom. The number of alkyl halides is 1. The molecule has 0 aromatic rings. The smallest absolute Gasteiger partial charge is 0.100 e. The largest absolute Gasteiger partial charge is 0.393 e. The Bertz CT molecular complexity index is 232. The second kappa shape index (κ2) is 19.2. The molecule has 0 radical (unpaired) electrons. The van der Waals surface area contributed by atoms with Crippen LogP contribution in [0.1, 0.15) is 129 Å². The van der Waals surface area contributed by atoms with Crippen LogP contribution in [0.25, 0.3) is 0 Å². The van der Waals surface area contributed by atoms with E-state index in [1.165, 1.54) is 64.2 Å². The Hall–Kier alpha value is -0.110. The molecule has 0 rings (SSSR count). The number of rotatable bonds is 19. The standard InChI is InChI=1S/C22H45FO/c1-3-5-7-9-10-11-12-13-15-19-22(24)20-16-18-21(23)17-14-8-6-4-2/h21-22,24H,3-20H2,1-2H3. The predicted octanol–water partition coefficient (Wildman–Crippen LogP) is 7.75. The Morgan fingerprint density at radius 2 is 0.917 bits per heavy atom. The van der Waals surface area contributed by atoms with Crippen LogP contribution in [-0.2, 0) is 0 Å². The van der Waals surface area contributed by atoms with Crippen molar-refractivity contribution in [1.29, 1.82) is 0 Å². The van der Waals surface area contributed by atoms with Crippen LogP contribution in [0.5, 0.6) is 0 Å². The summed E-state index contributed by atoms with van der Waals surface area (Å²) in [4.78, 5) is 0. The zero-order valence-corrected chi connectivity index (χ0v) is 16.7. The van der Waals surface area contributed by atoms with Crippen LogP contribution in [0, 0.1) is 0 Å². The van der Waals surface area contributed by atoms with Crippen molar-refractivity contribution in [3.05, 3.63) is 0 Å². The maximum absolute atomic E-state index is 13.7.